The van der Waals surface area contributed by atoms with Gasteiger partial charge in [0.25, 0.3) is 0 Å². The van der Waals surface area contributed by atoms with Gasteiger partial charge in [0.05, 0.1) is 0 Å². The van der Waals surface area contributed by atoms with Crippen molar-refractivity contribution in [3.63, 3.8) is 0 Å². The van der Waals surface area contributed by atoms with Crippen LogP contribution < -0.4 is 4.74 Å². The predicted molar refractivity (Wildman–Crippen MR) is 88.5 cm³/mol. The Balaban J connectivity index is 1.82. The van der Waals surface area contributed by atoms with Gasteiger partial charge in [-0.05, 0) is 47.0 Å². The second kappa shape index (κ2) is 6.10. The first-order valence-electron chi connectivity index (χ1n) is 6.91. The molecule has 0 radical (unpaired) electrons. The van der Waals surface area contributed by atoms with Crippen LogP contribution in [0.1, 0.15) is 5.56 Å². The van der Waals surface area contributed by atoms with Gasteiger partial charge in [0.15, 0.2) is 0 Å². The highest BCUT2D eigenvalue weighted by atomic mass is 16.5. The summed E-state index contributed by atoms with van der Waals surface area (Å²) in [4.78, 5) is 0. The maximum Gasteiger partial charge on any atom is 0.127 e. The number of ether oxygens (including phenoxy) is 1. The Hall–Kier alpha value is -2.80. The molecule has 0 bridgehead atoms. The average molecular weight is 272 g/mol. The highest BCUT2D eigenvalue weighted by molar-refractivity contribution is 5.67. The van der Waals surface area contributed by atoms with Crippen LogP contribution in [-0.2, 0) is 0 Å². The number of rotatable bonds is 4. The molecule has 3 aromatic carbocycles. The van der Waals surface area contributed by atoms with Crippen molar-refractivity contribution < 1.29 is 4.74 Å². The molecular formula is C20H16O. The summed E-state index contributed by atoms with van der Waals surface area (Å²) < 4.78 is 5.80. The van der Waals surface area contributed by atoms with E-state index in [2.05, 4.69) is 30.8 Å². The lowest BCUT2D eigenvalue weighted by Crippen LogP contribution is -1.84. The minimum Gasteiger partial charge on any atom is -0.457 e. The summed E-state index contributed by atoms with van der Waals surface area (Å²) >= 11 is 0. The first kappa shape index (κ1) is 13.2. The number of hydrogen-bond donors (Lipinski definition) is 0. The minimum atomic E-state index is 0.838. The molecule has 1 nitrogen and oxygen atoms in total. The van der Waals surface area contributed by atoms with E-state index < -0.39 is 0 Å². The number of hydrogen-bond acceptors (Lipinski definition) is 1. The maximum absolute atomic E-state index is 5.80. The molecule has 0 aromatic heterocycles. The smallest absolute Gasteiger partial charge is 0.127 e. The largest absolute Gasteiger partial charge is 0.457 e. The molecule has 3 rings (SSSR count). The second-order valence-corrected chi connectivity index (χ2v) is 4.77. The van der Waals surface area contributed by atoms with E-state index in [1.54, 1.807) is 0 Å². The lowest BCUT2D eigenvalue weighted by atomic mass is 10.0. The van der Waals surface area contributed by atoms with Gasteiger partial charge in [0.2, 0.25) is 0 Å². The number of para-hydroxylation sites is 1. The summed E-state index contributed by atoms with van der Waals surface area (Å²) in [6.07, 6.45) is 1.86. The molecule has 0 aliphatic rings. The van der Waals surface area contributed by atoms with Crippen LogP contribution in [0, 0.1) is 0 Å². The van der Waals surface area contributed by atoms with Gasteiger partial charge < -0.3 is 4.74 Å². The van der Waals surface area contributed by atoms with Crippen molar-refractivity contribution in [1.29, 1.82) is 0 Å². The first-order chi connectivity index (χ1) is 10.3. The van der Waals surface area contributed by atoms with Gasteiger partial charge in [-0.1, -0.05) is 61.2 Å². The fourth-order valence-corrected chi connectivity index (χ4v) is 2.19. The van der Waals surface area contributed by atoms with Crippen molar-refractivity contribution in [1.82, 2.24) is 0 Å². The van der Waals surface area contributed by atoms with Crippen LogP contribution in [0.25, 0.3) is 17.2 Å². The van der Waals surface area contributed by atoms with Crippen molar-refractivity contribution in [2.24, 2.45) is 0 Å². The molecule has 0 atom stereocenters. The molecule has 0 spiro atoms. The lowest BCUT2D eigenvalue weighted by Gasteiger charge is -2.07. The summed E-state index contributed by atoms with van der Waals surface area (Å²) in [5.41, 5.74) is 3.47. The molecule has 0 heterocycles. The Morgan fingerprint density at radius 1 is 0.667 bits per heavy atom. The molecule has 0 aliphatic heterocycles. The fraction of sp³-hybridized carbons (Fsp3) is 0. The number of benzene rings is 3. The van der Waals surface area contributed by atoms with E-state index in [4.69, 9.17) is 4.74 Å². The minimum absolute atomic E-state index is 0.838. The highest BCUT2D eigenvalue weighted by Gasteiger charge is 2.00. The Morgan fingerprint density at radius 2 is 1.38 bits per heavy atom. The van der Waals surface area contributed by atoms with E-state index in [9.17, 15) is 0 Å². The van der Waals surface area contributed by atoms with Crippen molar-refractivity contribution in [3.8, 4) is 22.6 Å². The van der Waals surface area contributed by atoms with Crippen molar-refractivity contribution in [2.75, 3.05) is 0 Å². The van der Waals surface area contributed by atoms with Gasteiger partial charge in [0.1, 0.15) is 11.5 Å². The summed E-state index contributed by atoms with van der Waals surface area (Å²) in [5.74, 6) is 1.68. The summed E-state index contributed by atoms with van der Waals surface area (Å²) in [6, 6.07) is 26.2. The molecule has 0 amide bonds. The van der Waals surface area contributed by atoms with Crippen LogP contribution in [-0.4, -0.2) is 0 Å². The van der Waals surface area contributed by atoms with E-state index in [0.717, 1.165) is 17.1 Å². The topological polar surface area (TPSA) is 9.23 Å². The van der Waals surface area contributed by atoms with Crippen LogP contribution in [0.5, 0.6) is 11.5 Å². The third-order valence-corrected chi connectivity index (χ3v) is 3.29. The molecule has 3 aromatic rings. The van der Waals surface area contributed by atoms with Crippen LogP contribution in [0.4, 0.5) is 0 Å². The summed E-state index contributed by atoms with van der Waals surface area (Å²) in [7, 11) is 0. The normalized spacial score (nSPS) is 10.1. The first-order valence-corrected chi connectivity index (χ1v) is 6.91. The molecule has 102 valence electrons. The van der Waals surface area contributed by atoms with Crippen molar-refractivity contribution in [2.45, 2.75) is 0 Å². The highest BCUT2D eigenvalue weighted by Crippen LogP contribution is 2.26. The van der Waals surface area contributed by atoms with E-state index in [-0.39, 0.29) is 0 Å². The second-order valence-electron chi connectivity index (χ2n) is 4.77. The third-order valence-electron chi connectivity index (χ3n) is 3.29. The average Bonchev–Trinajstić information content (AvgIpc) is 2.56. The van der Waals surface area contributed by atoms with E-state index in [1.165, 1.54) is 11.1 Å². The van der Waals surface area contributed by atoms with E-state index in [1.807, 2.05) is 60.7 Å². The quantitative estimate of drug-likeness (QED) is 0.584. The SMILES string of the molecule is C=Cc1cccc(-c2ccc(Oc3ccccc3)cc2)c1. The van der Waals surface area contributed by atoms with Crippen LogP contribution >= 0.6 is 0 Å². The molecular weight excluding hydrogens is 256 g/mol. The third kappa shape index (κ3) is 3.21. The standard InChI is InChI=1S/C20H16O/c1-2-16-7-6-8-18(15-16)17-11-13-20(14-12-17)21-19-9-4-3-5-10-19/h2-15H,1H2. The van der Waals surface area contributed by atoms with Gasteiger partial charge in [-0.3, -0.25) is 0 Å². The van der Waals surface area contributed by atoms with E-state index >= 15 is 0 Å². The molecule has 0 saturated carbocycles. The summed E-state index contributed by atoms with van der Waals surface area (Å²) in [5, 5.41) is 0. The Kier molecular flexibility index (Phi) is 3.83. The predicted octanol–water partition coefficient (Wildman–Crippen LogP) is 5.79. The maximum atomic E-state index is 5.80. The van der Waals surface area contributed by atoms with Gasteiger partial charge in [-0.15, -0.1) is 0 Å². The summed E-state index contributed by atoms with van der Waals surface area (Å²) in [6.45, 7) is 3.81. The van der Waals surface area contributed by atoms with Crippen LogP contribution in [0.15, 0.2) is 85.4 Å². The molecule has 0 fully saturated rings. The molecule has 1 heteroatoms. The van der Waals surface area contributed by atoms with E-state index in [0.29, 0.717) is 0 Å². The van der Waals surface area contributed by atoms with Gasteiger partial charge in [-0.2, -0.15) is 0 Å². The van der Waals surface area contributed by atoms with Crippen molar-refractivity contribution >= 4 is 6.08 Å². The van der Waals surface area contributed by atoms with Crippen molar-refractivity contribution in [3.05, 3.63) is 91.0 Å². The van der Waals surface area contributed by atoms with Gasteiger partial charge >= 0.3 is 0 Å². The Labute approximate surface area is 125 Å². The zero-order valence-corrected chi connectivity index (χ0v) is 11.7. The van der Waals surface area contributed by atoms with Crippen LogP contribution in [0.3, 0.4) is 0 Å². The zero-order valence-electron chi connectivity index (χ0n) is 11.7. The van der Waals surface area contributed by atoms with Crippen LogP contribution in [0.2, 0.25) is 0 Å². The zero-order chi connectivity index (χ0) is 14.5. The lowest BCUT2D eigenvalue weighted by molar-refractivity contribution is 0.483. The van der Waals surface area contributed by atoms with Gasteiger partial charge in [-0.25, -0.2) is 0 Å². The molecule has 0 N–H and O–H groups in total. The fourth-order valence-electron chi connectivity index (χ4n) is 2.19. The monoisotopic (exact) mass is 272 g/mol. The molecule has 0 aliphatic carbocycles. The van der Waals surface area contributed by atoms with Gasteiger partial charge in [0, 0.05) is 0 Å². The Bertz CT molecular complexity index is 727. The Morgan fingerprint density at radius 3 is 2.10 bits per heavy atom. The molecule has 0 saturated heterocycles. The molecule has 0 unspecified atom stereocenters. The molecule has 21 heavy (non-hydrogen) atoms.